The lowest BCUT2D eigenvalue weighted by Crippen LogP contribution is -2.38. The average Bonchev–Trinajstić information content (AvgIpc) is 3.11. The number of non-ortho nitro benzene ring substituents is 1. The van der Waals surface area contributed by atoms with Crippen molar-refractivity contribution in [3.8, 4) is 0 Å². The van der Waals surface area contributed by atoms with Crippen molar-refractivity contribution < 1.29 is 9.34 Å². The van der Waals surface area contributed by atoms with Crippen LogP contribution in [0.25, 0.3) is 11.0 Å². The van der Waals surface area contributed by atoms with Crippen molar-refractivity contribution in [1.29, 1.82) is 0 Å². The van der Waals surface area contributed by atoms with Gasteiger partial charge in [-0.05, 0) is 31.5 Å². The Morgan fingerprint density at radius 3 is 2.63 bits per heavy atom. The molecule has 2 aromatic carbocycles. The molecule has 0 saturated carbocycles. The second-order valence-electron chi connectivity index (χ2n) is 6.17. The highest BCUT2D eigenvalue weighted by Crippen LogP contribution is 2.23. The molecular formula is C20H22N4O3. The molecule has 27 heavy (non-hydrogen) atoms. The Balaban J connectivity index is 1.70. The quantitative estimate of drug-likeness (QED) is 0.296. The van der Waals surface area contributed by atoms with Crippen LogP contribution in [0.3, 0.4) is 0 Å². The Kier molecular flexibility index (Phi) is 5.71. The Labute approximate surface area is 157 Å². The fourth-order valence-corrected chi connectivity index (χ4v) is 2.71. The van der Waals surface area contributed by atoms with Crippen LogP contribution in [0, 0.1) is 10.1 Å². The number of aliphatic imine (C=N–C) groups is 1. The van der Waals surface area contributed by atoms with Crippen LogP contribution in [0.5, 0.6) is 0 Å². The zero-order chi connectivity index (χ0) is 19.2. The third-order valence-electron chi connectivity index (χ3n) is 4.14. The van der Waals surface area contributed by atoms with Gasteiger partial charge in [-0.25, -0.2) is 4.99 Å². The zero-order valence-corrected chi connectivity index (χ0v) is 15.3. The molecule has 0 radical (unpaired) electrons. The van der Waals surface area contributed by atoms with E-state index < -0.39 is 4.92 Å². The topological polar surface area (TPSA) is 92.7 Å². The standard InChI is InChI=1S/C20H22N4O3/c1-3-21-20(22-13-15-8-10-17(11-9-15)24(25)26)23-14(2)19-12-16-6-4-5-7-18(16)27-19/h4-12,14H,3,13H2,1-2H3,(H2,21,22,23). The molecule has 0 aliphatic rings. The molecule has 0 fully saturated rings. The van der Waals surface area contributed by atoms with E-state index in [9.17, 15) is 10.1 Å². The van der Waals surface area contributed by atoms with Gasteiger partial charge in [-0.1, -0.05) is 30.3 Å². The number of hydrogen-bond donors (Lipinski definition) is 2. The summed E-state index contributed by atoms with van der Waals surface area (Å²) in [5.41, 5.74) is 1.83. The fraction of sp³-hybridized carbons (Fsp3) is 0.250. The summed E-state index contributed by atoms with van der Waals surface area (Å²) < 4.78 is 5.90. The fourth-order valence-electron chi connectivity index (χ4n) is 2.71. The molecule has 1 unspecified atom stereocenters. The van der Waals surface area contributed by atoms with E-state index in [0.717, 1.165) is 28.8 Å². The number of nitro benzene ring substituents is 1. The summed E-state index contributed by atoms with van der Waals surface area (Å²) in [6, 6.07) is 16.3. The average molecular weight is 366 g/mol. The number of nitro groups is 1. The van der Waals surface area contributed by atoms with Crippen LogP contribution >= 0.6 is 0 Å². The van der Waals surface area contributed by atoms with E-state index >= 15 is 0 Å². The normalized spacial score (nSPS) is 12.7. The van der Waals surface area contributed by atoms with E-state index in [2.05, 4.69) is 15.6 Å². The molecule has 0 aliphatic carbocycles. The van der Waals surface area contributed by atoms with E-state index in [1.54, 1.807) is 12.1 Å². The number of benzene rings is 2. The van der Waals surface area contributed by atoms with Gasteiger partial charge in [-0.3, -0.25) is 10.1 Å². The van der Waals surface area contributed by atoms with Crippen LogP contribution in [-0.2, 0) is 6.54 Å². The van der Waals surface area contributed by atoms with Crippen molar-refractivity contribution >= 4 is 22.6 Å². The minimum atomic E-state index is -0.409. The summed E-state index contributed by atoms with van der Waals surface area (Å²) in [4.78, 5) is 14.9. The summed E-state index contributed by atoms with van der Waals surface area (Å²) in [6.45, 7) is 5.14. The molecule has 3 rings (SSSR count). The molecule has 2 N–H and O–H groups in total. The molecule has 140 valence electrons. The monoisotopic (exact) mass is 366 g/mol. The summed E-state index contributed by atoms with van der Waals surface area (Å²) in [7, 11) is 0. The third kappa shape index (κ3) is 4.63. The number of fused-ring (bicyclic) bond motifs is 1. The number of nitrogens with one attached hydrogen (secondary N) is 2. The molecule has 0 spiro atoms. The largest absolute Gasteiger partial charge is 0.459 e. The number of para-hydroxylation sites is 1. The van der Waals surface area contributed by atoms with Crippen LogP contribution in [0.15, 0.2) is 64.0 Å². The lowest BCUT2D eigenvalue weighted by Gasteiger charge is -2.16. The Hall–Kier alpha value is -3.35. The van der Waals surface area contributed by atoms with Gasteiger partial charge < -0.3 is 15.1 Å². The molecule has 0 amide bonds. The van der Waals surface area contributed by atoms with Crippen molar-refractivity contribution in [2.45, 2.75) is 26.4 Å². The molecule has 7 heteroatoms. The van der Waals surface area contributed by atoms with Crippen molar-refractivity contribution in [3.63, 3.8) is 0 Å². The highest BCUT2D eigenvalue weighted by atomic mass is 16.6. The minimum absolute atomic E-state index is 0.0629. The maximum atomic E-state index is 10.7. The van der Waals surface area contributed by atoms with E-state index in [1.807, 2.05) is 44.2 Å². The predicted molar refractivity (Wildman–Crippen MR) is 106 cm³/mol. The van der Waals surface area contributed by atoms with E-state index in [4.69, 9.17) is 4.42 Å². The van der Waals surface area contributed by atoms with Crippen molar-refractivity contribution in [3.05, 3.63) is 76.0 Å². The van der Waals surface area contributed by atoms with Gasteiger partial charge in [0.15, 0.2) is 5.96 Å². The van der Waals surface area contributed by atoms with Gasteiger partial charge in [0.1, 0.15) is 11.3 Å². The molecular weight excluding hydrogens is 344 g/mol. The van der Waals surface area contributed by atoms with Crippen molar-refractivity contribution in [2.24, 2.45) is 4.99 Å². The van der Waals surface area contributed by atoms with Gasteiger partial charge in [0.2, 0.25) is 0 Å². The molecule has 1 aromatic heterocycles. The lowest BCUT2D eigenvalue weighted by atomic mass is 10.2. The van der Waals surface area contributed by atoms with Gasteiger partial charge in [-0.15, -0.1) is 0 Å². The number of rotatable bonds is 6. The predicted octanol–water partition coefficient (Wildman–Crippen LogP) is 4.16. The van der Waals surface area contributed by atoms with Crippen LogP contribution < -0.4 is 10.6 Å². The van der Waals surface area contributed by atoms with Gasteiger partial charge in [0.05, 0.1) is 17.5 Å². The van der Waals surface area contributed by atoms with Crippen LogP contribution in [0.2, 0.25) is 0 Å². The van der Waals surface area contributed by atoms with E-state index in [1.165, 1.54) is 12.1 Å². The first-order valence-electron chi connectivity index (χ1n) is 8.83. The summed E-state index contributed by atoms with van der Waals surface area (Å²) in [5, 5.41) is 18.3. The summed E-state index contributed by atoms with van der Waals surface area (Å²) >= 11 is 0. The molecule has 1 heterocycles. The number of guanidine groups is 1. The van der Waals surface area contributed by atoms with Crippen LogP contribution in [0.1, 0.15) is 31.2 Å². The second-order valence-corrected chi connectivity index (χ2v) is 6.17. The van der Waals surface area contributed by atoms with Gasteiger partial charge in [0, 0.05) is 24.1 Å². The molecule has 1 atom stereocenters. The molecule has 3 aromatic rings. The maximum absolute atomic E-state index is 10.7. The number of nitrogens with zero attached hydrogens (tertiary/aromatic N) is 2. The highest BCUT2D eigenvalue weighted by molar-refractivity contribution is 5.81. The molecule has 0 bridgehead atoms. The Morgan fingerprint density at radius 2 is 1.96 bits per heavy atom. The Bertz CT molecular complexity index is 914. The van der Waals surface area contributed by atoms with Crippen LogP contribution in [-0.4, -0.2) is 17.4 Å². The first kappa shape index (κ1) is 18.4. The van der Waals surface area contributed by atoms with Gasteiger partial charge >= 0.3 is 0 Å². The number of hydrogen-bond acceptors (Lipinski definition) is 4. The first-order chi connectivity index (χ1) is 13.1. The van der Waals surface area contributed by atoms with Crippen LogP contribution in [0.4, 0.5) is 5.69 Å². The SMILES string of the molecule is CCNC(=NCc1ccc([N+](=O)[O-])cc1)NC(C)c1cc2ccccc2o1. The van der Waals surface area contributed by atoms with Gasteiger partial charge in [-0.2, -0.15) is 0 Å². The van der Waals surface area contributed by atoms with E-state index in [-0.39, 0.29) is 11.7 Å². The molecule has 0 saturated heterocycles. The third-order valence-corrected chi connectivity index (χ3v) is 4.14. The zero-order valence-electron chi connectivity index (χ0n) is 15.3. The van der Waals surface area contributed by atoms with E-state index in [0.29, 0.717) is 12.5 Å². The minimum Gasteiger partial charge on any atom is -0.459 e. The first-order valence-corrected chi connectivity index (χ1v) is 8.83. The molecule has 0 aliphatic heterocycles. The molecule has 7 nitrogen and oxygen atoms in total. The second kappa shape index (κ2) is 8.35. The summed E-state index contributed by atoms with van der Waals surface area (Å²) in [5.74, 6) is 1.49. The smallest absolute Gasteiger partial charge is 0.269 e. The number of furan rings is 1. The lowest BCUT2D eigenvalue weighted by molar-refractivity contribution is -0.384. The van der Waals surface area contributed by atoms with Gasteiger partial charge in [0.25, 0.3) is 5.69 Å². The maximum Gasteiger partial charge on any atom is 0.269 e. The summed E-state index contributed by atoms with van der Waals surface area (Å²) in [6.07, 6.45) is 0. The van der Waals surface area contributed by atoms with Crippen molar-refractivity contribution in [1.82, 2.24) is 10.6 Å². The Morgan fingerprint density at radius 1 is 1.22 bits per heavy atom. The van der Waals surface area contributed by atoms with Crippen molar-refractivity contribution in [2.75, 3.05) is 6.54 Å². The highest BCUT2D eigenvalue weighted by Gasteiger charge is 2.13.